The van der Waals surface area contributed by atoms with Crippen molar-refractivity contribution in [1.82, 2.24) is 0 Å². The van der Waals surface area contributed by atoms with Crippen LogP contribution in [0.2, 0.25) is 0 Å². The Labute approximate surface area is 277 Å². The number of ether oxygens (including phenoxy) is 7. The van der Waals surface area contributed by atoms with E-state index < -0.39 is 5.97 Å². The van der Waals surface area contributed by atoms with Crippen LogP contribution in [-0.4, -0.2) is 80.9 Å². The fourth-order valence-corrected chi connectivity index (χ4v) is 8.28. The molecule has 8 bridgehead atoms. The molecule has 4 aliphatic carbocycles. The fraction of sp³-hybridized carbons (Fsp3) is 0.857. The minimum Gasteiger partial charge on any atom is -0.463 e. The summed E-state index contributed by atoms with van der Waals surface area (Å²) in [4.78, 5) is 59.3. The van der Waals surface area contributed by atoms with Gasteiger partial charge in [-0.3, -0.25) is 19.2 Å². The molecular weight excluding hydrogens is 612 g/mol. The Morgan fingerprint density at radius 2 is 1.23 bits per heavy atom. The molecule has 4 aliphatic heterocycles. The predicted molar refractivity (Wildman–Crippen MR) is 164 cm³/mol. The molecule has 0 N–H and O–H groups in total. The number of carbonyl (C=O) groups excluding carboxylic acids is 5. The van der Waals surface area contributed by atoms with Gasteiger partial charge in [0.25, 0.3) is 0 Å². The van der Waals surface area contributed by atoms with Crippen LogP contribution in [0, 0.1) is 47.3 Å². The van der Waals surface area contributed by atoms with Gasteiger partial charge in [-0.15, -0.1) is 0 Å². The van der Waals surface area contributed by atoms with Gasteiger partial charge in [0.1, 0.15) is 37.6 Å². The maximum Gasteiger partial charge on any atom is 0.332 e. The summed E-state index contributed by atoms with van der Waals surface area (Å²) in [6.07, 6.45) is 7.79. The van der Waals surface area contributed by atoms with E-state index >= 15 is 0 Å². The first-order valence-corrected chi connectivity index (χ1v) is 17.7. The average Bonchev–Trinajstić information content (AvgIpc) is 3.32. The van der Waals surface area contributed by atoms with Crippen LogP contribution in [0.3, 0.4) is 0 Å². The lowest BCUT2D eigenvalue weighted by atomic mass is 9.67. The Balaban J connectivity index is 0.000000189. The fourth-order valence-electron chi connectivity index (χ4n) is 8.28. The van der Waals surface area contributed by atoms with Crippen molar-refractivity contribution in [2.75, 3.05) is 26.6 Å². The summed E-state index contributed by atoms with van der Waals surface area (Å²) in [5, 5.41) is 0. The Morgan fingerprint density at radius 1 is 0.702 bits per heavy atom. The van der Waals surface area contributed by atoms with E-state index in [1.165, 1.54) is 0 Å². The van der Waals surface area contributed by atoms with E-state index in [1.54, 1.807) is 6.92 Å². The quantitative estimate of drug-likeness (QED) is 0.120. The zero-order valence-corrected chi connectivity index (χ0v) is 28.2. The van der Waals surface area contributed by atoms with Gasteiger partial charge in [0, 0.05) is 5.92 Å². The zero-order valence-electron chi connectivity index (χ0n) is 28.2. The minimum absolute atomic E-state index is 0.0340. The summed E-state index contributed by atoms with van der Waals surface area (Å²) in [6.45, 7) is 7.56. The lowest BCUT2D eigenvalue weighted by molar-refractivity contribution is -0.187. The lowest BCUT2D eigenvalue weighted by Gasteiger charge is -2.41. The highest BCUT2D eigenvalue weighted by Gasteiger charge is 2.52. The molecule has 12 heteroatoms. The largest absolute Gasteiger partial charge is 0.463 e. The highest BCUT2D eigenvalue weighted by molar-refractivity contribution is 5.75. The molecule has 4 saturated heterocycles. The molecule has 12 atom stereocenters. The smallest absolute Gasteiger partial charge is 0.332 e. The van der Waals surface area contributed by atoms with Crippen molar-refractivity contribution < 1.29 is 57.1 Å². The number of hydrogen-bond acceptors (Lipinski definition) is 12. The second-order valence-electron chi connectivity index (χ2n) is 14.5. The highest BCUT2D eigenvalue weighted by Crippen LogP contribution is 2.49. The van der Waals surface area contributed by atoms with Crippen molar-refractivity contribution >= 4 is 29.8 Å². The van der Waals surface area contributed by atoms with Gasteiger partial charge < -0.3 is 33.2 Å². The number of carbonyl (C=O) groups is 5. The van der Waals surface area contributed by atoms with Gasteiger partial charge in [-0.2, -0.15) is 0 Å². The Morgan fingerprint density at radius 3 is 1.81 bits per heavy atom. The SMILES string of the molecule is CCC(C)C(=O)OCCOCC(=O)OC1C2CC3CC(C2)C(=O)OC1C3.CCC(C)C(=O)OCOC1C2CC3CC(C2)C(=O)OC1C3. The summed E-state index contributed by atoms with van der Waals surface area (Å²) in [6, 6.07) is 0. The molecule has 8 fully saturated rings. The predicted octanol–water partition coefficient (Wildman–Crippen LogP) is 4.15. The van der Waals surface area contributed by atoms with Gasteiger partial charge in [-0.1, -0.05) is 27.7 Å². The van der Waals surface area contributed by atoms with Crippen LogP contribution in [0.1, 0.15) is 91.9 Å². The van der Waals surface area contributed by atoms with Crippen LogP contribution in [0.25, 0.3) is 0 Å². The van der Waals surface area contributed by atoms with Crippen LogP contribution in [0.15, 0.2) is 0 Å². The van der Waals surface area contributed by atoms with Crippen LogP contribution in [0.5, 0.6) is 0 Å². The molecule has 0 spiro atoms. The van der Waals surface area contributed by atoms with Gasteiger partial charge in [0.2, 0.25) is 0 Å². The Bertz CT molecular complexity index is 1140. The van der Waals surface area contributed by atoms with E-state index in [1.807, 2.05) is 20.8 Å². The third-order valence-corrected chi connectivity index (χ3v) is 11.1. The first kappa shape index (κ1) is 35.6. The first-order chi connectivity index (χ1) is 22.6. The second-order valence-corrected chi connectivity index (χ2v) is 14.5. The highest BCUT2D eigenvalue weighted by atomic mass is 16.7. The summed E-state index contributed by atoms with van der Waals surface area (Å²) >= 11 is 0. The zero-order chi connectivity index (χ0) is 33.7. The number of hydrogen-bond donors (Lipinski definition) is 0. The van der Waals surface area contributed by atoms with E-state index in [9.17, 15) is 24.0 Å². The van der Waals surface area contributed by atoms with E-state index in [-0.39, 0.29) is 104 Å². The van der Waals surface area contributed by atoms with Crippen molar-refractivity contribution in [2.45, 2.75) is 116 Å². The molecule has 8 aliphatic rings. The van der Waals surface area contributed by atoms with Crippen molar-refractivity contribution in [3.8, 4) is 0 Å². The lowest BCUT2D eigenvalue weighted by Crippen LogP contribution is -2.45. The third-order valence-electron chi connectivity index (χ3n) is 11.1. The number of rotatable bonds is 13. The number of esters is 5. The van der Waals surface area contributed by atoms with Crippen LogP contribution < -0.4 is 0 Å². The molecular formula is C35H52O12. The normalized spacial score (nSPS) is 35.7. The number of fused-ring (bicyclic) bond motifs is 2. The molecule has 264 valence electrons. The molecule has 0 amide bonds. The summed E-state index contributed by atoms with van der Waals surface area (Å²) < 4.78 is 38.0. The van der Waals surface area contributed by atoms with Gasteiger partial charge >= 0.3 is 29.8 Å². The standard InChI is InChI=1S/C19H28O7.C16H24O5/c1-3-11(2)18(21)24-5-4-23-10-16(20)26-17-13-6-12-7-14(9-13)19(22)25-15(17)8-12;1-3-9(2)15(17)20-8-19-14-11-4-10-5-12(7-11)16(18)21-13(14)6-10/h11-15,17H,3-10H2,1-2H3;9-14H,3-8H2,1-2H3. The van der Waals surface area contributed by atoms with Gasteiger partial charge in [-0.25, -0.2) is 4.79 Å². The van der Waals surface area contributed by atoms with E-state index in [2.05, 4.69) is 0 Å². The van der Waals surface area contributed by atoms with E-state index in [4.69, 9.17) is 33.2 Å². The van der Waals surface area contributed by atoms with Gasteiger partial charge in [0.05, 0.1) is 30.3 Å². The topological polar surface area (TPSA) is 150 Å². The first-order valence-electron chi connectivity index (χ1n) is 17.7. The summed E-state index contributed by atoms with van der Waals surface area (Å²) in [5.74, 6) is 0.276. The molecule has 0 aromatic carbocycles. The Kier molecular flexibility index (Phi) is 12.2. The molecule has 12 unspecified atom stereocenters. The average molecular weight is 665 g/mol. The van der Waals surface area contributed by atoms with Crippen molar-refractivity contribution in [3.05, 3.63) is 0 Å². The second kappa shape index (κ2) is 16.1. The van der Waals surface area contributed by atoms with Gasteiger partial charge in [-0.05, 0) is 82.0 Å². The monoisotopic (exact) mass is 664 g/mol. The van der Waals surface area contributed by atoms with Crippen LogP contribution in [0.4, 0.5) is 0 Å². The molecule has 0 aromatic rings. The molecule has 12 nitrogen and oxygen atoms in total. The maximum absolute atomic E-state index is 12.1. The molecule has 4 saturated carbocycles. The van der Waals surface area contributed by atoms with Crippen molar-refractivity contribution in [1.29, 1.82) is 0 Å². The molecule has 8 rings (SSSR count). The van der Waals surface area contributed by atoms with Crippen LogP contribution >= 0.6 is 0 Å². The third kappa shape index (κ3) is 8.85. The van der Waals surface area contributed by atoms with E-state index in [0.717, 1.165) is 64.2 Å². The molecule has 0 aromatic heterocycles. The molecule has 0 radical (unpaired) electrons. The summed E-state index contributed by atoms with van der Waals surface area (Å²) in [7, 11) is 0. The summed E-state index contributed by atoms with van der Waals surface area (Å²) in [5.41, 5.74) is 0. The van der Waals surface area contributed by atoms with Crippen molar-refractivity contribution in [3.63, 3.8) is 0 Å². The van der Waals surface area contributed by atoms with Gasteiger partial charge in [0.15, 0.2) is 6.79 Å². The van der Waals surface area contributed by atoms with Crippen LogP contribution in [-0.2, 0) is 57.1 Å². The van der Waals surface area contributed by atoms with Crippen molar-refractivity contribution in [2.24, 2.45) is 47.3 Å². The Hall–Kier alpha value is -2.73. The maximum atomic E-state index is 12.1. The molecule has 4 heterocycles. The molecule has 47 heavy (non-hydrogen) atoms. The van der Waals surface area contributed by atoms with E-state index in [0.29, 0.717) is 17.8 Å². The minimum atomic E-state index is -0.466.